The van der Waals surface area contributed by atoms with Crippen molar-refractivity contribution in [3.63, 3.8) is 0 Å². The molecule has 0 bridgehead atoms. The molecule has 0 radical (unpaired) electrons. The molecule has 370 valence electrons. The molecule has 3 atom stereocenters. The van der Waals surface area contributed by atoms with Gasteiger partial charge in [0, 0.05) is 69.2 Å². The lowest BCUT2D eigenvalue weighted by Crippen LogP contribution is -2.37. The molecule has 3 aliphatic rings. The summed E-state index contributed by atoms with van der Waals surface area (Å²) in [5, 5.41) is 4.85. The van der Waals surface area contributed by atoms with Gasteiger partial charge in [-0.05, 0) is 124 Å². The topological polar surface area (TPSA) is 42.1 Å². The van der Waals surface area contributed by atoms with Crippen LogP contribution in [0.4, 0.5) is 22.7 Å². The van der Waals surface area contributed by atoms with Crippen LogP contribution in [0.1, 0.15) is 28.4 Å². The lowest BCUT2D eigenvalue weighted by atomic mass is 9.76. The van der Waals surface area contributed by atoms with Crippen LogP contribution in [0.3, 0.4) is 0 Å². The molecule has 2 aromatic heterocycles. The molecule has 15 rings (SSSR count). The largest absolute Gasteiger partial charge is 0.334 e. The minimum absolute atomic E-state index is 0.0212. The summed E-state index contributed by atoms with van der Waals surface area (Å²) in [7, 11) is 0. The van der Waals surface area contributed by atoms with E-state index in [4.69, 9.17) is 9.97 Å². The number of aromatic nitrogens is 4. The number of rotatable bonds is 10. The van der Waals surface area contributed by atoms with Crippen LogP contribution < -0.4 is 9.80 Å². The Labute approximate surface area is 453 Å². The average Bonchev–Trinajstić information content (AvgIpc) is 4.11. The fourth-order valence-corrected chi connectivity index (χ4v) is 12.2. The van der Waals surface area contributed by atoms with Gasteiger partial charge in [-0.2, -0.15) is 0 Å². The molecule has 2 heterocycles. The minimum Gasteiger partial charge on any atom is -0.334 e. The maximum atomic E-state index is 5.31. The van der Waals surface area contributed by atoms with Crippen LogP contribution >= 0.6 is 0 Å². The predicted molar refractivity (Wildman–Crippen MR) is 323 cm³/mol. The van der Waals surface area contributed by atoms with Crippen molar-refractivity contribution >= 4 is 67.5 Å². The van der Waals surface area contributed by atoms with Gasteiger partial charge in [-0.25, -0.2) is 9.97 Å². The van der Waals surface area contributed by atoms with E-state index in [-0.39, 0.29) is 17.9 Å². The molecule has 0 saturated carbocycles. The van der Waals surface area contributed by atoms with Crippen molar-refractivity contribution in [3.05, 3.63) is 301 Å². The Morgan fingerprint density at radius 1 is 0.423 bits per heavy atom. The Morgan fingerprint density at radius 2 is 0.974 bits per heavy atom. The molecular formula is C72H52N6. The zero-order chi connectivity index (χ0) is 51.5. The van der Waals surface area contributed by atoms with Gasteiger partial charge in [-0.15, -0.1) is 0 Å². The highest BCUT2D eigenvalue weighted by molar-refractivity contribution is 5.93. The van der Waals surface area contributed by atoms with Gasteiger partial charge in [0.15, 0.2) is 0 Å². The van der Waals surface area contributed by atoms with Gasteiger partial charge in [0.05, 0.1) is 28.5 Å². The van der Waals surface area contributed by atoms with Crippen LogP contribution in [0.15, 0.2) is 279 Å². The molecule has 0 saturated heterocycles. The van der Waals surface area contributed by atoms with Gasteiger partial charge in [0.1, 0.15) is 11.6 Å². The second-order valence-electron chi connectivity index (χ2n) is 20.6. The number of hydrogen-bond donors (Lipinski definition) is 0. The Morgan fingerprint density at radius 3 is 1.67 bits per heavy atom. The Kier molecular flexibility index (Phi) is 11.0. The molecule has 0 spiro atoms. The van der Waals surface area contributed by atoms with E-state index < -0.39 is 0 Å². The third kappa shape index (κ3) is 7.96. The number of fused-ring (bicyclic) bond motifs is 7. The molecule has 0 amide bonds. The molecule has 10 aromatic carbocycles. The molecule has 0 fully saturated rings. The number of hydrogen-bond acceptors (Lipinski definition) is 4. The van der Waals surface area contributed by atoms with Crippen LogP contribution in [0.2, 0.25) is 0 Å². The summed E-state index contributed by atoms with van der Waals surface area (Å²) in [5.74, 6) is 2.20. The van der Waals surface area contributed by atoms with Gasteiger partial charge in [-0.3, -0.25) is 9.13 Å². The lowest BCUT2D eigenvalue weighted by molar-refractivity contribution is 0.662. The molecule has 3 unspecified atom stereocenters. The zero-order valence-electron chi connectivity index (χ0n) is 42.8. The molecule has 78 heavy (non-hydrogen) atoms. The summed E-state index contributed by atoms with van der Waals surface area (Å²) in [6.07, 6.45) is 17.5. The van der Waals surface area contributed by atoms with Crippen molar-refractivity contribution in [2.24, 2.45) is 5.92 Å². The molecule has 12 aromatic rings. The zero-order valence-corrected chi connectivity index (χ0v) is 42.8. The fraction of sp³-hybridized carbons (Fsp3) is 0.0556. The van der Waals surface area contributed by atoms with Crippen molar-refractivity contribution in [1.82, 2.24) is 19.1 Å². The standard InChI is InChI=1S/C72H52N6/c1-5-19-51(20-6-1)71-73-67-41-37-63(47-69(67)77(71)57-25-9-3-10-26-57)75(59-33-31-49-17-13-15-23-53(49)43-59)61-35-39-65-55(45-61)29-30-56-46-62(36-40-66(56)65)76(60-34-32-50-18-14-16-24-54(50)44-60)64-38-42-68-70(48-64)78(58-27-11-4-12-28-58)72(74-68)52-21-7-2-8-22-52/h1-47,56,64,66H,48H2. The summed E-state index contributed by atoms with van der Waals surface area (Å²) in [6, 6.07) is 87.1. The highest BCUT2D eigenvalue weighted by atomic mass is 15.2. The third-order valence-electron chi connectivity index (χ3n) is 15.9. The number of para-hydroxylation sites is 2. The Hall–Kier alpha value is -10.0. The maximum Gasteiger partial charge on any atom is 0.145 e. The van der Waals surface area contributed by atoms with Gasteiger partial charge >= 0.3 is 0 Å². The van der Waals surface area contributed by atoms with Gasteiger partial charge in [0.25, 0.3) is 0 Å². The summed E-state index contributed by atoms with van der Waals surface area (Å²) in [6.45, 7) is 0. The summed E-state index contributed by atoms with van der Waals surface area (Å²) < 4.78 is 4.67. The molecule has 3 aliphatic carbocycles. The highest BCUT2D eigenvalue weighted by Gasteiger charge is 2.33. The van der Waals surface area contributed by atoms with Crippen LogP contribution in [-0.4, -0.2) is 25.1 Å². The highest BCUT2D eigenvalue weighted by Crippen LogP contribution is 2.46. The van der Waals surface area contributed by atoms with Crippen molar-refractivity contribution in [1.29, 1.82) is 0 Å². The quantitative estimate of drug-likeness (QED) is 0.137. The smallest absolute Gasteiger partial charge is 0.145 e. The van der Waals surface area contributed by atoms with Crippen LogP contribution in [0, 0.1) is 5.92 Å². The SMILES string of the molecule is C1=CC2c3ccc(N(c4ccc5ccccc5c4)c4ccc5nc(-c6ccccc6)n(-c6ccccc6)c5c4)cc3C=CC2C=C1N(c1ccc2ccccc2c1)C1C=Cc2nc(-c3ccccc3)n(-c3ccccc3)c2C1. The molecule has 0 N–H and O–H groups in total. The first-order valence-corrected chi connectivity index (χ1v) is 27.0. The van der Waals surface area contributed by atoms with Gasteiger partial charge in [0.2, 0.25) is 0 Å². The molecule has 0 aliphatic heterocycles. The number of benzene rings is 10. The Bertz CT molecular complexity index is 4380. The van der Waals surface area contributed by atoms with E-state index in [9.17, 15) is 0 Å². The summed E-state index contributed by atoms with van der Waals surface area (Å²) >= 11 is 0. The van der Waals surface area contributed by atoms with Crippen LogP contribution in [0.5, 0.6) is 0 Å². The van der Waals surface area contributed by atoms with Crippen molar-refractivity contribution in [3.8, 4) is 34.2 Å². The second kappa shape index (κ2) is 19.0. The van der Waals surface area contributed by atoms with E-state index in [0.717, 1.165) is 80.0 Å². The number of nitrogens with zero attached hydrogens (tertiary/aromatic N) is 6. The minimum atomic E-state index is 0.0212. The first-order chi connectivity index (χ1) is 38.6. The first kappa shape index (κ1) is 45.4. The lowest BCUT2D eigenvalue weighted by Gasteiger charge is -2.38. The van der Waals surface area contributed by atoms with E-state index in [0.29, 0.717) is 0 Å². The normalized spacial score (nSPS) is 16.2. The fourth-order valence-electron chi connectivity index (χ4n) is 12.2. The first-order valence-electron chi connectivity index (χ1n) is 27.0. The summed E-state index contributed by atoms with van der Waals surface area (Å²) in [5.41, 5.74) is 16.7. The van der Waals surface area contributed by atoms with Crippen molar-refractivity contribution in [2.75, 3.05) is 9.80 Å². The van der Waals surface area contributed by atoms with E-state index in [1.807, 2.05) is 0 Å². The van der Waals surface area contributed by atoms with Gasteiger partial charge in [-0.1, -0.05) is 194 Å². The summed E-state index contributed by atoms with van der Waals surface area (Å²) in [4.78, 5) is 15.5. The van der Waals surface area contributed by atoms with E-state index >= 15 is 0 Å². The van der Waals surface area contributed by atoms with Crippen LogP contribution in [-0.2, 0) is 6.42 Å². The predicted octanol–water partition coefficient (Wildman–Crippen LogP) is 17.6. The maximum absolute atomic E-state index is 5.31. The second-order valence-corrected chi connectivity index (χ2v) is 20.6. The van der Waals surface area contributed by atoms with Gasteiger partial charge < -0.3 is 9.80 Å². The van der Waals surface area contributed by atoms with E-state index in [1.54, 1.807) is 0 Å². The molecule has 6 nitrogen and oxygen atoms in total. The Balaban J connectivity index is 0.812. The van der Waals surface area contributed by atoms with Crippen molar-refractivity contribution < 1.29 is 0 Å². The monoisotopic (exact) mass is 1000 g/mol. The number of imidazole rings is 2. The van der Waals surface area contributed by atoms with Crippen molar-refractivity contribution in [2.45, 2.75) is 18.4 Å². The van der Waals surface area contributed by atoms with E-state index in [2.05, 4.69) is 304 Å². The molecule has 6 heteroatoms. The third-order valence-corrected chi connectivity index (χ3v) is 15.9. The number of allylic oxidation sites excluding steroid dienone is 4. The number of anilines is 4. The molecular weight excluding hydrogens is 949 g/mol. The van der Waals surface area contributed by atoms with Crippen LogP contribution in [0.25, 0.3) is 78.9 Å². The average molecular weight is 1000 g/mol. The van der Waals surface area contributed by atoms with E-state index in [1.165, 1.54) is 44.1 Å².